The van der Waals surface area contributed by atoms with Gasteiger partial charge in [-0.05, 0) is 24.0 Å². The molecule has 2 atom stereocenters. The third-order valence-electron chi connectivity index (χ3n) is 5.54. The van der Waals surface area contributed by atoms with Crippen LogP contribution in [0, 0.1) is 0 Å². The molecule has 4 rings (SSSR count). The molecular formula is C25H24O3. The van der Waals surface area contributed by atoms with E-state index in [0.29, 0.717) is 18.4 Å². The fourth-order valence-corrected chi connectivity index (χ4v) is 4.04. The van der Waals surface area contributed by atoms with E-state index in [-0.39, 0.29) is 12.2 Å². The average molecular weight is 372 g/mol. The zero-order valence-corrected chi connectivity index (χ0v) is 15.7. The van der Waals surface area contributed by atoms with E-state index < -0.39 is 17.8 Å². The van der Waals surface area contributed by atoms with Crippen molar-refractivity contribution in [2.45, 2.75) is 37.1 Å². The van der Waals surface area contributed by atoms with Gasteiger partial charge in [0.2, 0.25) is 0 Å². The molecule has 0 spiro atoms. The largest absolute Gasteiger partial charge is 0.390 e. The Bertz CT molecular complexity index is 867. The van der Waals surface area contributed by atoms with Crippen molar-refractivity contribution in [3.63, 3.8) is 0 Å². The van der Waals surface area contributed by atoms with Gasteiger partial charge in [-0.15, -0.1) is 0 Å². The highest BCUT2D eigenvalue weighted by molar-refractivity contribution is 5.96. The number of hydrogen-bond donors (Lipinski definition) is 1. The minimum absolute atomic E-state index is 0.0124. The molecule has 0 unspecified atom stereocenters. The summed E-state index contributed by atoms with van der Waals surface area (Å²) < 4.78 is 6.58. The zero-order chi connectivity index (χ0) is 19.4. The molecule has 0 bridgehead atoms. The van der Waals surface area contributed by atoms with Crippen LogP contribution >= 0.6 is 0 Å². The first-order valence-electron chi connectivity index (χ1n) is 9.74. The molecule has 1 saturated heterocycles. The number of hydrogen-bond acceptors (Lipinski definition) is 3. The summed E-state index contributed by atoms with van der Waals surface area (Å²) in [6.07, 6.45) is 0.191. The van der Waals surface area contributed by atoms with Crippen LogP contribution in [0.15, 0.2) is 91.0 Å². The molecule has 3 aromatic carbocycles. The summed E-state index contributed by atoms with van der Waals surface area (Å²) in [5, 5.41) is 10.6. The Kier molecular flexibility index (Phi) is 5.38. The quantitative estimate of drug-likeness (QED) is 0.658. The molecule has 0 amide bonds. The number of aliphatic hydroxyl groups excluding tert-OH is 1. The number of carbonyl (C=O) groups excluding carboxylic acids is 1. The number of ether oxygens (including phenoxy) is 1. The molecule has 3 heteroatoms. The van der Waals surface area contributed by atoms with Crippen LogP contribution in [0.2, 0.25) is 0 Å². The lowest BCUT2D eigenvalue weighted by Crippen LogP contribution is -2.47. The van der Waals surface area contributed by atoms with E-state index in [0.717, 1.165) is 11.1 Å². The molecule has 142 valence electrons. The van der Waals surface area contributed by atoms with Gasteiger partial charge in [-0.1, -0.05) is 91.0 Å². The highest BCUT2D eigenvalue weighted by Gasteiger charge is 2.44. The summed E-state index contributed by atoms with van der Waals surface area (Å²) in [6.45, 7) is 0. The number of Topliss-reactive ketones (excluding diaryl/α,β-unsaturated/α-hetero) is 1. The first-order chi connectivity index (χ1) is 13.7. The summed E-state index contributed by atoms with van der Waals surface area (Å²) in [5.41, 5.74) is 2.08. The van der Waals surface area contributed by atoms with Crippen molar-refractivity contribution in [3.05, 3.63) is 108 Å². The third kappa shape index (κ3) is 3.64. The minimum atomic E-state index is -0.663. The topological polar surface area (TPSA) is 46.5 Å². The fraction of sp³-hybridized carbons (Fsp3) is 0.240. The molecule has 1 N–H and O–H groups in total. The molecule has 1 fully saturated rings. The van der Waals surface area contributed by atoms with E-state index in [1.807, 2.05) is 54.6 Å². The zero-order valence-electron chi connectivity index (χ0n) is 15.7. The number of rotatable bonds is 5. The molecule has 3 nitrogen and oxygen atoms in total. The number of carbonyl (C=O) groups is 1. The van der Waals surface area contributed by atoms with Gasteiger partial charge in [-0.2, -0.15) is 0 Å². The number of aliphatic hydroxyl groups is 1. The van der Waals surface area contributed by atoms with Crippen molar-refractivity contribution in [2.75, 3.05) is 0 Å². The van der Waals surface area contributed by atoms with Gasteiger partial charge in [0.15, 0.2) is 5.78 Å². The van der Waals surface area contributed by atoms with Crippen molar-refractivity contribution in [1.82, 2.24) is 0 Å². The van der Waals surface area contributed by atoms with Crippen LogP contribution in [0.4, 0.5) is 0 Å². The first kappa shape index (κ1) is 18.6. The van der Waals surface area contributed by atoms with Crippen LogP contribution in [0.5, 0.6) is 0 Å². The molecule has 0 aromatic heterocycles. The summed E-state index contributed by atoms with van der Waals surface area (Å²) in [5.74, 6) is -0.0124. The Hall–Kier alpha value is -2.75. The maximum atomic E-state index is 12.8. The molecule has 0 aliphatic carbocycles. The van der Waals surface area contributed by atoms with Crippen LogP contribution in [0.1, 0.15) is 40.7 Å². The van der Waals surface area contributed by atoms with Crippen LogP contribution in [0.25, 0.3) is 0 Å². The van der Waals surface area contributed by atoms with E-state index >= 15 is 0 Å². The van der Waals surface area contributed by atoms with Crippen LogP contribution in [0.3, 0.4) is 0 Å². The molecular weight excluding hydrogens is 348 g/mol. The van der Waals surface area contributed by atoms with Gasteiger partial charge in [0.05, 0.1) is 12.2 Å². The number of benzene rings is 3. The summed E-state index contributed by atoms with van der Waals surface area (Å²) in [6, 6.07) is 29.4. The van der Waals surface area contributed by atoms with Gasteiger partial charge in [0.1, 0.15) is 5.60 Å². The standard InChI is InChI=1S/C25H24O3/c26-22-16-17-25(20-12-6-2-7-13-20,21-14-8-3-9-15-21)28-24(22)18-23(27)19-10-4-1-5-11-19/h1-15,22,24,26H,16-18H2/t22-,24+/m0/s1. The van der Waals surface area contributed by atoms with Gasteiger partial charge in [-0.25, -0.2) is 0 Å². The molecule has 1 heterocycles. The van der Waals surface area contributed by atoms with Gasteiger partial charge in [0, 0.05) is 12.0 Å². The summed E-state index contributed by atoms with van der Waals surface area (Å²) in [7, 11) is 0. The normalized spacial score (nSPS) is 21.2. The second-order valence-corrected chi connectivity index (χ2v) is 7.31. The van der Waals surface area contributed by atoms with Gasteiger partial charge in [0.25, 0.3) is 0 Å². The Labute approximate surface area is 165 Å². The lowest BCUT2D eigenvalue weighted by molar-refractivity contribution is -0.159. The predicted octanol–water partition coefficient (Wildman–Crippen LogP) is 4.74. The van der Waals surface area contributed by atoms with Crippen molar-refractivity contribution < 1.29 is 14.6 Å². The van der Waals surface area contributed by atoms with E-state index in [2.05, 4.69) is 24.3 Å². The lowest BCUT2D eigenvalue weighted by atomic mass is 9.78. The van der Waals surface area contributed by atoms with E-state index in [1.165, 1.54) is 0 Å². The average Bonchev–Trinajstić information content (AvgIpc) is 2.77. The van der Waals surface area contributed by atoms with Crippen LogP contribution < -0.4 is 0 Å². The first-order valence-corrected chi connectivity index (χ1v) is 9.74. The molecule has 0 radical (unpaired) electrons. The van der Waals surface area contributed by atoms with E-state index in [9.17, 15) is 9.90 Å². The highest BCUT2D eigenvalue weighted by atomic mass is 16.5. The summed E-state index contributed by atoms with van der Waals surface area (Å²) in [4.78, 5) is 12.8. The van der Waals surface area contributed by atoms with Crippen LogP contribution in [-0.4, -0.2) is 23.1 Å². The Morgan fingerprint density at radius 3 is 1.89 bits per heavy atom. The smallest absolute Gasteiger partial charge is 0.165 e. The second kappa shape index (κ2) is 8.09. The van der Waals surface area contributed by atoms with Crippen molar-refractivity contribution in [1.29, 1.82) is 0 Å². The third-order valence-corrected chi connectivity index (χ3v) is 5.54. The number of ketones is 1. The minimum Gasteiger partial charge on any atom is -0.390 e. The maximum Gasteiger partial charge on any atom is 0.165 e. The van der Waals surface area contributed by atoms with Crippen molar-refractivity contribution in [3.8, 4) is 0 Å². The second-order valence-electron chi connectivity index (χ2n) is 7.31. The predicted molar refractivity (Wildman–Crippen MR) is 109 cm³/mol. The Morgan fingerprint density at radius 1 is 0.857 bits per heavy atom. The van der Waals surface area contributed by atoms with Gasteiger partial charge in [-0.3, -0.25) is 4.79 Å². The van der Waals surface area contributed by atoms with E-state index in [4.69, 9.17) is 4.74 Å². The van der Waals surface area contributed by atoms with E-state index in [1.54, 1.807) is 12.1 Å². The fourth-order valence-electron chi connectivity index (χ4n) is 4.04. The van der Waals surface area contributed by atoms with Gasteiger partial charge >= 0.3 is 0 Å². The van der Waals surface area contributed by atoms with Crippen molar-refractivity contribution in [2.24, 2.45) is 0 Å². The molecule has 1 aliphatic heterocycles. The Balaban J connectivity index is 1.67. The SMILES string of the molecule is O=C(C[C@H]1OC(c2ccccc2)(c2ccccc2)CC[C@@H]1O)c1ccccc1. The van der Waals surface area contributed by atoms with Gasteiger partial charge < -0.3 is 9.84 Å². The monoisotopic (exact) mass is 372 g/mol. The highest BCUT2D eigenvalue weighted by Crippen LogP contribution is 2.44. The Morgan fingerprint density at radius 2 is 1.36 bits per heavy atom. The lowest BCUT2D eigenvalue weighted by Gasteiger charge is -2.44. The molecule has 1 aliphatic rings. The van der Waals surface area contributed by atoms with Crippen LogP contribution in [-0.2, 0) is 10.3 Å². The molecule has 28 heavy (non-hydrogen) atoms. The molecule has 0 saturated carbocycles. The molecule has 3 aromatic rings. The maximum absolute atomic E-state index is 12.8. The summed E-state index contributed by atoms with van der Waals surface area (Å²) >= 11 is 0. The van der Waals surface area contributed by atoms with Crippen molar-refractivity contribution >= 4 is 5.78 Å².